The van der Waals surface area contributed by atoms with Crippen LogP contribution in [0, 0.1) is 11.7 Å². The second-order valence-electron chi connectivity index (χ2n) is 4.22. The highest BCUT2D eigenvalue weighted by Crippen LogP contribution is 2.07. The van der Waals surface area contributed by atoms with Gasteiger partial charge in [0.15, 0.2) is 0 Å². The average Bonchev–Trinajstić information content (AvgIpc) is 2.35. The second kappa shape index (κ2) is 6.35. The number of benzene rings is 1. The molecule has 3 nitrogen and oxygen atoms in total. The van der Waals surface area contributed by atoms with Gasteiger partial charge >= 0.3 is 0 Å². The van der Waals surface area contributed by atoms with Crippen LogP contribution in [-0.4, -0.2) is 11.9 Å². The topological polar surface area (TPSA) is 55.1 Å². The Kier molecular flexibility index (Phi) is 5.10. The summed E-state index contributed by atoms with van der Waals surface area (Å²) in [7, 11) is 0. The predicted octanol–water partition coefficient (Wildman–Crippen LogP) is 1.82. The van der Waals surface area contributed by atoms with Crippen molar-refractivity contribution in [2.45, 2.75) is 32.9 Å². The zero-order valence-electron chi connectivity index (χ0n) is 10.2. The van der Waals surface area contributed by atoms with Crippen LogP contribution < -0.4 is 11.1 Å². The fourth-order valence-electron chi connectivity index (χ4n) is 1.45. The van der Waals surface area contributed by atoms with E-state index in [0.717, 1.165) is 6.42 Å². The molecule has 0 saturated carbocycles. The van der Waals surface area contributed by atoms with Crippen LogP contribution in [0.5, 0.6) is 0 Å². The van der Waals surface area contributed by atoms with Gasteiger partial charge in [-0.15, -0.1) is 0 Å². The molecule has 0 radical (unpaired) electrons. The number of hydrogen-bond acceptors (Lipinski definition) is 2. The Bertz CT molecular complexity index is 381. The molecule has 0 heterocycles. The first-order valence-corrected chi connectivity index (χ1v) is 5.83. The molecule has 1 unspecified atom stereocenters. The van der Waals surface area contributed by atoms with Gasteiger partial charge in [0.1, 0.15) is 5.82 Å². The van der Waals surface area contributed by atoms with E-state index in [2.05, 4.69) is 5.32 Å². The third-order valence-corrected chi connectivity index (χ3v) is 2.97. The molecule has 3 N–H and O–H groups in total. The van der Waals surface area contributed by atoms with Crippen molar-refractivity contribution >= 4 is 5.91 Å². The van der Waals surface area contributed by atoms with E-state index < -0.39 is 6.04 Å². The molecule has 2 atom stereocenters. The largest absolute Gasteiger partial charge is 0.351 e. The molecular weight excluding hydrogens is 219 g/mol. The first kappa shape index (κ1) is 13.6. The van der Waals surface area contributed by atoms with Crippen molar-refractivity contribution in [3.63, 3.8) is 0 Å². The van der Waals surface area contributed by atoms with E-state index in [1.54, 1.807) is 18.2 Å². The normalized spacial score (nSPS) is 14.1. The van der Waals surface area contributed by atoms with E-state index in [1.807, 2.05) is 13.8 Å². The van der Waals surface area contributed by atoms with Crippen LogP contribution in [0.3, 0.4) is 0 Å². The van der Waals surface area contributed by atoms with Crippen LogP contribution in [-0.2, 0) is 11.3 Å². The van der Waals surface area contributed by atoms with Crippen LogP contribution in [0.4, 0.5) is 4.39 Å². The minimum atomic E-state index is -0.535. The molecule has 1 aromatic rings. The molecule has 0 bridgehead atoms. The van der Waals surface area contributed by atoms with Gasteiger partial charge in [0.05, 0.1) is 6.04 Å². The predicted molar refractivity (Wildman–Crippen MR) is 65.7 cm³/mol. The summed E-state index contributed by atoms with van der Waals surface area (Å²) < 4.78 is 13.3. The van der Waals surface area contributed by atoms with Crippen molar-refractivity contribution in [1.82, 2.24) is 5.32 Å². The third-order valence-electron chi connectivity index (χ3n) is 2.97. The molecule has 0 aliphatic carbocycles. The first-order chi connectivity index (χ1) is 8.06. The van der Waals surface area contributed by atoms with Gasteiger partial charge in [-0.1, -0.05) is 38.5 Å². The van der Waals surface area contributed by atoms with Gasteiger partial charge in [0, 0.05) is 12.1 Å². The molecule has 0 spiro atoms. The highest BCUT2D eigenvalue weighted by atomic mass is 19.1. The summed E-state index contributed by atoms with van der Waals surface area (Å²) in [5, 5.41) is 2.65. The standard InChI is InChI=1S/C13H19FN2O/c1-3-9(2)12(15)13(17)16-8-10-6-4-5-7-11(10)14/h4-7,9,12H,3,8,15H2,1-2H3,(H,16,17)/t9?,12-/m0/s1. The van der Waals surface area contributed by atoms with Crippen molar-refractivity contribution in [2.75, 3.05) is 0 Å². The Morgan fingerprint density at radius 2 is 2.12 bits per heavy atom. The van der Waals surface area contributed by atoms with Crippen LogP contribution in [0.25, 0.3) is 0 Å². The maximum Gasteiger partial charge on any atom is 0.237 e. The summed E-state index contributed by atoms with van der Waals surface area (Å²) in [6.45, 7) is 4.08. The lowest BCUT2D eigenvalue weighted by Gasteiger charge is -2.17. The number of amides is 1. The number of hydrogen-bond donors (Lipinski definition) is 2. The highest BCUT2D eigenvalue weighted by molar-refractivity contribution is 5.81. The molecule has 0 aliphatic heterocycles. The van der Waals surface area contributed by atoms with E-state index in [9.17, 15) is 9.18 Å². The van der Waals surface area contributed by atoms with Gasteiger partial charge in [0.25, 0.3) is 0 Å². The summed E-state index contributed by atoms with van der Waals surface area (Å²) in [6.07, 6.45) is 0.842. The number of nitrogens with two attached hydrogens (primary N) is 1. The summed E-state index contributed by atoms with van der Waals surface area (Å²) in [5.41, 5.74) is 6.24. The molecule has 17 heavy (non-hydrogen) atoms. The Morgan fingerprint density at radius 3 is 2.71 bits per heavy atom. The smallest absolute Gasteiger partial charge is 0.237 e. The average molecular weight is 238 g/mol. The molecule has 0 fully saturated rings. The van der Waals surface area contributed by atoms with Crippen molar-refractivity contribution in [3.8, 4) is 0 Å². The van der Waals surface area contributed by atoms with Crippen molar-refractivity contribution < 1.29 is 9.18 Å². The molecular formula is C13H19FN2O. The maximum atomic E-state index is 13.3. The van der Waals surface area contributed by atoms with Gasteiger partial charge < -0.3 is 11.1 Å². The lowest BCUT2D eigenvalue weighted by Crippen LogP contribution is -2.44. The van der Waals surface area contributed by atoms with E-state index in [0.29, 0.717) is 5.56 Å². The van der Waals surface area contributed by atoms with Crippen molar-refractivity contribution in [2.24, 2.45) is 11.7 Å². The Morgan fingerprint density at radius 1 is 1.47 bits per heavy atom. The quantitative estimate of drug-likeness (QED) is 0.822. The highest BCUT2D eigenvalue weighted by Gasteiger charge is 2.19. The molecule has 1 aromatic carbocycles. The van der Waals surface area contributed by atoms with E-state index in [-0.39, 0.29) is 24.2 Å². The number of carbonyl (C=O) groups is 1. The number of carbonyl (C=O) groups excluding carboxylic acids is 1. The molecule has 1 amide bonds. The Balaban J connectivity index is 2.51. The summed E-state index contributed by atoms with van der Waals surface area (Å²) in [4.78, 5) is 11.7. The Hall–Kier alpha value is -1.42. The molecule has 94 valence electrons. The van der Waals surface area contributed by atoms with Crippen molar-refractivity contribution in [3.05, 3.63) is 35.6 Å². The summed E-state index contributed by atoms with van der Waals surface area (Å²) in [5.74, 6) is -0.428. The molecule has 0 aromatic heterocycles. The number of nitrogens with one attached hydrogen (secondary N) is 1. The zero-order valence-corrected chi connectivity index (χ0v) is 10.2. The monoisotopic (exact) mass is 238 g/mol. The molecule has 4 heteroatoms. The lowest BCUT2D eigenvalue weighted by molar-refractivity contribution is -0.123. The SMILES string of the molecule is CCC(C)[C@H](N)C(=O)NCc1ccccc1F. The molecule has 1 rings (SSSR count). The van der Waals surface area contributed by atoms with Gasteiger partial charge in [0.2, 0.25) is 5.91 Å². The van der Waals surface area contributed by atoms with Gasteiger partial charge in [-0.25, -0.2) is 4.39 Å². The summed E-state index contributed by atoms with van der Waals surface area (Å²) >= 11 is 0. The zero-order chi connectivity index (χ0) is 12.8. The van der Waals surface area contributed by atoms with E-state index in [1.165, 1.54) is 6.07 Å². The fraction of sp³-hybridized carbons (Fsp3) is 0.462. The minimum Gasteiger partial charge on any atom is -0.351 e. The van der Waals surface area contributed by atoms with Crippen LogP contribution in [0.1, 0.15) is 25.8 Å². The minimum absolute atomic E-state index is 0.121. The van der Waals surface area contributed by atoms with E-state index >= 15 is 0 Å². The van der Waals surface area contributed by atoms with Crippen LogP contribution >= 0.6 is 0 Å². The van der Waals surface area contributed by atoms with Crippen molar-refractivity contribution in [1.29, 1.82) is 0 Å². The van der Waals surface area contributed by atoms with Gasteiger partial charge in [-0.3, -0.25) is 4.79 Å². The second-order valence-corrected chi connectivity index (χ2v) is 4.22. The lowest BCUT2D eigenvalue weighted by atomic mass is 9.99. The summed E-state index contributed by atoms with van der Waals surface area (Å²) in [6, 6.07) is 5.83. The van der Waals surface area contributed by atoms with Crippen LogP contribution in [0.15, 0.2) is 24.3 Å². The van der Waals surface area contributed by atoms with E-state index in [4.69, 9.17) is 5.73 Å². The number of rotatable bonds is 5. The maximum absolute atomic E-state index is 13.3. The molecule has 0 saturated heterocycles. The third kappa shape index (κ3) is 3.82. The van der Waals surface area contributed by atoms with Gasteiger partial charge in [-0.05, 0) is 12.0 Å². The fourth-order valence-corrected chi connectivity index (χ4v) is 1.45. The van der Waals surface area contributed by atoms with Gasteiger partial charge in [-0.2, -0.15) is 0 Å². The molecule has 0 aliphatic rings. The Labute approximate surface area is 101 Å². The first-order valence-electron chi connectivity index (χ1n) is 5.83. The van der Waals surface area contributed by atoms with Crippen LogP contribution in [0.2, 0.25) is 0 Å². The number of halogens is 1.